The monoisotopic (exact) mass is 365 g/mol. The average molecular weight is 365 g/mol. The molecule has 0 saturated heterocycles. The second kappa shape index (κ2) is 7.37. The minimum atomic E-state index is -4.03. The van der Waals surface area contributed by atoms with Crippen molar-refractivity contribution in [3.05, 3.63) is 62.4 Å². The zero-order valence-electron chi connectivity index (χ0n) is 14.8. The molecule has 1 aromatic heterocycles. The molecule has 0 aliphatic heterocycles. The number of hydrogen-bond acceptors (Lipinski definition) is 4. The van der Waals surface area contributed by atoms with Gasteiger partial charge in [-0.25, -0.2) is 17.9 Å². The molecule has 0 radical (unpaired) electrons. The second-order valence-corrected chi connectivity index (χ2v) is 7.82. The number of benzene rings is 1. The molecule has 7 nitrogen and oxygen atoms in total. The molecule has 0 bridgehead atoms. The highest BCUT2D eigenvalue weighted by Crippen LogP contribution is 2.11. The highest BCUT2D eigenvalue weighted by molar-refractivity contribution is 7.89. The lowest BCUT2D eigenvalue weighted by molar-refractivity contribution is 0.537. The van der Waals surface area contributed by atoms with Crippen LogP contribution in [0.2, 0.25) is 0 Å². The summed E-state index contributed by atoms with van der Waals surface area (Å²) in [4.78, 5) is 23.8. The van der Waals surface area contributed by atoms with Crippen LogP contribution in [0.15, 0.2) is 44.8 Å². The summed E-state index contributed by atoms with van der Waals surface area (Å²) in [6, 6.07) is 9.39. The number of sulfonamides is 1. The molecular weight excluding hydrogens is 342 g/mol. The topological polar surface area (TPSA) is 90.2 Å². The van der Waals surface area contributed by atoms with Crippen LogP contribution >= 0.6 is 0 Å². The summed E-state index contributed by atoms with van der Waals surface area (Å²) < 4.78 is 29.8. The Morgan fingerprint density at radius 1 is 1.08 bits per heavy atom. The predicted molar refractivity (Wildman–Crippen MR) is 96.2 cm³/mol. The Balaban J connectivity index is 2.25. The molecule has 25 heavy (non-hydrogen) atoms. The van der Waals surface area contributed by atoms with Crippen LogP contribution in [-0.4, -0.2) is 23.6 Å². The van der Waals surface area contributed by atoms with Crippen LogP contribution in [-0.2, 0) is 30.5 Å². The quantitative estimate of drug-likeness (QED) is 0.816. The first-order valence-electron chi connectivity index (χ1n) is 7.98. The van der Waals surface area contributed by atoms with Gasteiger partial charge in [0, 0.05) is 25.8 Å². The summed E-state index contributed by atoms with van der Waals surface area (Å²) in [7, 11) is -1.32. The van der Waals surface area contributed by atoms with E-state index in [9.17, 15) is 18.0 Å². The first kappa shape index (κ1) is 19.1. The number of nitrogens with zero attached hydrogens (tertiary/aromatic N) is 2. The predicted octanol–water partition coefficient (Wildman–Crippen LogP) is 0.692. The molecule has 0 aliphatic carbocycles. The molecule has 1 unspecified atom stereocenters. The highest BCUT2D eigenvalue weighted by atomic mass is 32.2. The van der Waals surface area contributed by atoms with Gasteiger partial charge in [0.1, 0.15) is 0 Å². The molecule has 1 aromatic carbocycles. The Morgan fingerprint density at radius 3 is 2.28 bits per heavy atom. The van der Waals surface area contributed by atoms with Crippen LogP contribution in [0.4, 0.5) is 0 Å². The molecule has 2 rings (SSSR count). The molecule has 2 aromatic rings. The van der Waals surface area contributed by atoms with Gasteiger partial charge < -0.3 is 0 Å². The molecule has 0 spiro atoms. The maximum atomic E-state index is 12.7. The third-order valence-corrected chi connectivity index (χ3v) is 5.96. The lowest BCUT2D eigenvalue weighted by Gasteiger charge is -2.17. The van der Waals surface area contributed by atoms with Gasteiger partial charge in [-0.1, -0.05) is 30.3 Å². The first-order chi connectivity index (χ1) is 11.6. The van der Waals surface area contributed by atoms with Crippen molar-refractivity contribution in [3.8, 4) is 0 Å². The smallest absolute Gasteiger partial charge is 0.300 e. The fourth-order valence-electron chi connectivity index (χ4n) is 2.63. The lowest BCUT2D eigenvalue weighted by Crippen LogP contribution is -2.44. The van der Waals surface area contributed by atoms with Gasteiger partial charge in [0.15, 0.2) is 4.90 Å². The zero-order chi connectivity index (χ0) is 18.8. The van der Waals surface area contributed by atoms with Gasteiger partial charge in [-0.05, 0) is 32.3 Å². The van der Waals surface area contributed by atoms with E-state index >= 15 is 0 Å². The van der Waals surface area contributed by atoms with Crippen molar-refractivity contribution in [2.24, 2.45) is 14.1 Å². The van der Waals surface area contributed by atoms with E-state index in [1.807, 2.05) is 30.3 Å². The molecule has 0 saturated carbocycles. The summed E-state index contributed by atoms with van der Waals surface area (Å²) >= 11 is 0. The van der Waals surface area contributed by atoms with Crippen LogP contribution in [0.25, 0.3) is 0 Å². The Kier molecular flexibility index (Phi) is 5.64. The minimum absolute atomic E-state index is 0.121. The summed E-state index contributed by atoms with van der Waals surface area (Å²) in [5.74, 6) is 0. The molecule has 8 heteroatoms. The van der Waals surface area contributed by atoms with E-state index in [0.717, 1.165) is 21.1 Å². The van der Waals surface area contributed by atoms with Gasteiger partial charge in [0.2, 0.25) is 10.0 Å². The summed E-state index contributed by atoms with van der Waals surface area (Å²) in [5.41, 5.74) is -0.138. The number of hydrogen-bond donors (Lipinski definition) is 1. The van der Waals surface area contributed by atoms with Gasteiger partial charge >= 0.3 is 5.69 Å². The highest BCUT2D eigenvalue weighted by Gasteiger charge is 2.26. The van der Waals surface area contributed by atoms with E-state index < -0.39 is 21.3 Å². The van der Waals surface area contributed by atoms with Crippen molar-refractivity contribution < 1.29 is 8.42 Å². The standard InChI is InChI=1S/C17H23N3O4S/c1-12(10-11-14-8-6-5-7-9-14)18-25(23,24)15-13(2)19(3)17(22)20(4)16(15)21/h5-9,12,18H,10-11H2,1-4H3. The summed E-state index contributed by atoms with van der Waals surface area (Å²) in [6.45, 7) is 3.20. The average Bonchev–Trinajstić information content (AvgIpc) is 2.57. The molecule has 136 valence electrons. The Morgan fingerprint density at radius 2 is 1.68 bits per heavy atom. The van der Waals surface area contributed by atoms with Crippen molar-refractivity contribution >= 4 is 10.0 Å². The molecule has 0 fully saturated rings. The van der Waals surface area contributed by atoms with E-state index in [1.54, 1.807) is 6.92 Å². The number of rotatable bonds is 6. The SMILES string of the molecule is Cc1c(S(=O)(=O)NC(C)CCc2ccccc2)c(=O)n(C)c(=O)n1C. The van der Waals surface area contributed by atoms with Crippen LogP contribution in [0.3, 0.4) is 0 Å². The fourth-order valence-corrected chi connectivity index (χ4v) is 4.29. The minimum Gasteiger partial charge on any atom is -0.300 e. The third-order valence-electron chi connectivity index (χ3n) is 4.24. The molecule has 1 heterocycles. The summed E-state index contributed by atoms with van der Waals surface area (Å²) in [5, 5.41) is 0. The van der Waals surface area contributed by atoms with Gasteiger partial charge in [0.25, 0.3) is 5.56 Å². The largest absolute Gasteiger partial charge is 0.330 e. The normalized spacial score (nSPS) is 13.0. The van der Waals surface area contributed by atoms with Gasteiger partial charge in [-0.2, -0.15) is 0 Å². The van der Waals surface area contributed by atoms with Crippen molar-refractivity contribution in [1.29, 1.82) is 0 Å². The van der Waals surface area contributed by atoms with Crippen molar-refractivity contribution in [2.45, 2.75) is 37.6 Å². The van der Waals surface area contributed by atoms with E-state index in [4.69, 9.17) is 0 Å². The van der Waals surface area contributed by atoms with Crippen LogP contribution in [0.1, 0.15) is 24.6 Å². The lowest BCUT2D eigenvalue weighted by atomic mass is 10.1. The van der Waals surface area contributed by atoms with Gasteiger partial charge in [0.05, 0.1) is 0 Å². The van der Waals surface area contributed by atoms with E-state index in [-0.39, 0.29) is 16.6 Å². The maximum Gasteiger partial charge on any atom is 0.330 e. The zero-order valence-corrected chi connectivity index (χ0v) is 15.6. The molecule has 1 N–H and O–H groups in total. The van der Waals surface area contributed by atoms with E-state index in [1.165, 1.54) is 21.0 Å². The molecule has 1 atom stereocenters. The molecule has 0 aliphatic rings. The van der Waals surface area contributed by atoms with Crippen LogP contribution < -0.4 is 16.0 Å². The van der Waals surface area contributed by atoms with Crippen molar-refractivity contribution in [2.75, 3.05) is 0 Å². The maximum absolute atomic E-state index is 12.7. The van der Waals surface area contributed by atoms with Crippen molar-refractivity contribution in [3.63, 3.8) is 0 Å². The Bertz CT molecular complexity index is 975. The van der Waals surface area contributed by atoms with Crippen LogP contribution in [0.5, 0.6) is 0 Å². The molecule has 0 amide bonds. The second-order valence-electron chi connectivity index (χ2n) is 6.17. The number of aromatic nitrogens is 2. The Hall–Kier alpha value is -2.19. The number of nitrogens with one attached hydrogen (secondary N) is 1. The van der Waals surface area contributed by atoms with E-state index in [0.29, 0.717) is 6.42 Å². The third kappa shape index (κ3) is 4.08. The van der Waals surface area contributed by atoms with Gasteiger partial charge in [-0.3, -0.25) is 13.9 Å². The van der Waals surface area contributed by atoms with Crippen LogP contribution in [0, 0.1) is 6.92 Å². The molecular formula is C17H23N3O4S. The van der Waals surface area contributed by atoms with Gasteiger partial charge in [-0.15, -0.1) is 0 Å². The number of aryl methyl sites for hydroxylation is 1. The first-order valence-corrected chi connectivity index (χ1v) is 9.46. The fraction of sp³-hybridized carbons (Fsp3) is 0.412. The summed E-state index contributed by atoms with van der Waals surface area (Å²) in [6.07, 6.45) is 1.31. The van der Waals surface area contributed by atoms with Crippen molar-refractivity contribution in [1.82, 2.24) is 13.9 Å². The Labute approximate surface area is 147 Å². The van der Waals surface area contributed by atoms with E-state index in [2.05, 4.69) is 4.72 Å².